The summed E-state index contributed by atoms with van der Waals surface area (Å²) >= 11 is 0. The summed E-state index contributed by atoms with van der Waals surface area (Å²) < 4.78 is 5.04. The van der Waals surface area contributed by atoms with Gasteiger partial charge in [0, 0.05) is 29.4 Å². The van der Waals surface area contributed by atoms with Crippen molar-refractivity contribution in [3.63, 3.8) is 0 Å². The molecule has 0 atom stereocenters. The molecule has 92 valence electrons. The van der Waals surface area contributed by atoms with Gasteiger partial charge in [0.15, 0.2) is 0 Å². The number of para-hydroxylation sites is 1. The topological polar surface area (TPSA) is 78.3 Å². The highest BCUT2D eigenvalue weighted by Crippen LogP contribution is 2.33. The third kappa shape index (κ3) is 2.43. The number of ether oxygens (including phenoxy) is 1. The summed E-state index contributed by atoms with van der Waals surface area (Å²) in [5.74, 6) is 0.0849. The summed E-state index contributed by atoms with van der Waals surface area (Å²) in [6, 6.07) is 12.5. The predicted octanol–water partition coefficient (Wildman–Crippen LogP) is 2.44. The van der Waals surface area contributed by atoms with E-state index in [0.717, 1.165) is 11.1 Å². The first-order valence-electron chi connectivity index (χ1n) is 5.51. The molecule has 2 aromatic rings. The quantitative estimate of drug-likeness (QED) is 0.481. The second kappa shape index (κ2) is 4.79. The Morgan fingerprint density at radius 1 is 1.00 bits per heavy atom. The van der Waals surface area contributed by atoms with E-state index in [1.807, 2.05) is 18.2 Å². The number of rotatable bonds is 2. The van der Waals surface area contributed by atoms with Crippen LogP contribution in [-0.2, 0) is 4.79 Å². The van der Waals surface area contributed by atoms with E-state index >= 15 is 0 Å². The number of anilines is 2. The standard InChI is InChI=1S/C14H14N2O2/c1-9(17)18-10-6-7-14(16)12(8-10)11-4-2-3-5-13(11)15/h2-8H,15-16H2,1H3. The first-order valence-corrected chi connectivity index (χ1v) is 5.51. The molecule has 0 radical (unpaired) electrons. The third-order valence-corrected chi connectivity index (χ3v) is 2.54. The molecule has 4 N–H and O–H groups in total. The summed E-state index contributed by atoms with van der Waals surface area (Å²) in [5, 5.41) is 0. The van der Waals surface area contributed by atoms with E-state index in [0.29, 0.717) is 17.1 Å². The van der Waals surface area contributed by atoms with Gasteiger partial charge in [0.1, 0.15) is 5.75 Å². The molecule has 0 unspecified atom stereocenters. The fraction of sp³-hybridized carbons (Fsp3) is 0.0714. The van der Waals surface area contributed by atoms with Crippen molar-refractivity contribution in [1.29, 1.82) is 0 Å². The van der Waals surface area contributed by atoms with Gasteiger partial charge in [-0.25, -0.2) is 0 Å². The monoisotopic (exact) mass is 242 g/mol. The molecule has 0 heterocycles. The van der Waals surface area contributed by atoms with Gasteiger partial charge in [-0.1, -0.05) is 18.2 Å². The normalized spacial score (nSPS) is 10.1. The highest BCUT2D eigenvalue weighted by Gasteiger charge is 2.08. The number of carbonyl (C=O) groups excluding carboxylic acids is 1. The minimum absolute atomic E-state index is 0.369. The number of hydrogen-bond acceptors (Lipinski definition) is 4. The fourth-order valence-electron chi connectivity index (χ4n) is 1.74. The van der Waals surface area contributed by atoms with Gasteiger partial charge in [-0.15, -0.1) is 0 Å². The maximum absolute atomic E-state index is 10.9. The molecule has 2 aromatic carbocycles. The highest BCUT2D eigenvalue weighted by molar-refractivity contribution is 5.85. The van der Waals surface area contributed by atoms with Gasteiger partial charge in [0.25, 0.3) is 0 Å². The number of benzene rings is 2. The second-order valence-electron chi connectivity index (χ2n) is 3.93. The molecule has 18 heavy (non-hydrogen) atoms. The molecular weight excluding hydrogens is 228 g/mol. The summed E-state index contributed by atoms with van der Waals surface area (Å²) in [4.78, 5) is 10.9. The average molecular weight is 242 g/mol. The molecule has 2 rings (SSSR count). The minimum atomic E-state index is -0.369. The Morgan fingerprint density at radius 2 is 1.67 bits per heavy atom. The summed E-state index contributed by atoms with van der Waals surface area (Å²) in [6.07, 6.45) is 0. The van der Waals surface area contributed by atoms with Gasteiger partial charge in [-0.2, -0.15) is 0 Å². The van der Waals surface area contributed by atoms with Crippen molar-refractivity contribution < 1.29 is 9.53 Å². The molecule has 0 aliphatic heterocycles. The molecule has 0 spiro atoms. The molecule has 0 bridgehead atoms. The molecule has 4 nitrogen and oxygen atoms in total. The van der Waals surface area contributed by atoms with Crippen LogP contribution in [-0.4, -0.2) is 5.97 Å². The van der Waals surface area contributed by atoms with Crippen LogP contribution >= 0.6 is 0 Å². The highest BCUT2D eigenvalue weighted by atomic mass is 16.5. The lowest BCUT2D eigenvalue weighted by molar-refractivity contribution is -0.131. The number of esters is 1. The second-order valence-corrected chi connectivity index (χ2v) is 3.93. The molecule has 0 fully saturated rings. The van der Waals surface area contributed by atoms with Gasteiger partial charge in [0.05, 0.1) is 0 Å². The molecule has 0 amide bonds. The van der Waals surface area contributed by atoms with Crippen molar-refractivity contribution in [1.82, 2.24) is 0 Å². The zero-order valence-electron chi connectivity index (χ0n) is 10.0. The minimum Gasteiger partial charge on any atom is -0.427 e. The van der Waals surface area contributed by atoms with E-state index < -0.39 is 0 Å². The number of hydrogen-bond donors (Lipinski definition) is 2. The maximum atomic E-state index is 10.9. The van der Waals surface area contributed by atoms with Gasteiger partial charge in [0.2, 0.25) is 0 Å². The molecular formula is C14H14N2O2. The third-order valence-electron chi connectivity index (χ3n) is 2.54. The van der Waals surface area contributed by atoms with Gasteiger partial charge in [-0.05, 0) is 24.3 Å². The van der Waals surface area contributed by atoms with Crippen LogP contribution in [0.25, 0.3) is 11.1 Å². The maximum Gasteiger partial charge on any atom is 0.308 e. The van der Waals surface area contributed by atoms with Crippen molar-refractivity contribution in [3.8, 4) is 16.9 Å². The fourth-order valence-corrected chi connectivity index (χ4v) is 1.74. The largest absolute Gasteiger partial charge is 0.427 e. The predicted molar refractivity (Wildman–Crippen MR) is 72.0 cm³/mol. The van der Waals surface area contributed by atoms with Crippen LogP contribution < -0.4 is 16.2 Å². The Morgan fingerprint density at radius 3 is 2.33 bits per heavy atom. The first-order chi connectivity index (χ1) is 8.58. The smallest absolute Gasteiger partial charge is 0.308 e. The van der Waals surface area contributed by atoms with E-state index in [9.17, 15) is 4.79 Å². The Labute approximate surface area is 105 Å². The number of nitrogen functional groups attached to an aromatic ring is 2. The molecule has 0 aliphatic carbocycles. The zero-order valence-corrected chi connectivity index (χ0v) is 10.0. The van der Waals surface area contributed by atoms with Crippen molar-refractivity contribution >= 4 is 17.3 Å². The van der Waals surface area contributed by atoms with Crippen LogP contribution in [0.4, 0.5) is 11.4 Å². The number of carbonyl (C=O) groups is 1. The molecule has 4 heteroatoms. The lowest BCUT2D eigenvalue weighted by atomic mass is 10.0. The molecule has 0 saturated heterocycles. The lowest BCUT2D eigenvalue weighted by Gasteiger charge is -2.10. The van der Waals surface area contributed by atoms with Gasteiger partial charge in [-0.3, -0.25) is 4.79 Å². The zero-order chi connectivity index (χ0) is 13.1. The van der Waals surface area contributed by atoms with E-state index in [1.54, 1.807) is 24.3 Å². The lowest BCUT2D eigenvalue weighted by Crippen LogP contribution is -2.02. The van der Waals surface area contributed by atoms with Crippen LogP contribution in [0.5, 0.6) is 5.75 Å². The number of nitrogens with two attached hydrogens (primary N) is 2. The van der Waals surface area contributed by atoms with E-state index in [2.05, 4.69) is 0 Å². The van der Waals surface area contributed by atoms with E-state index in [-0.39, 0.29) is 5.97 Å². The van der Waals surface area contributed by atoms with E-state index in [1.165, 1.54) is 6.92 Å². The van der Waals surface area contributed by atoms with Crippen molar-refractivity contribution in [3.05, 3.63) is 42.5 Å². The molecule has 0 saturated carbocycles. The van der Waals surface area contributed by atoms with Crippen LogP contribution in [0.2, 0.25) is 0 Å². The summed E-state index contributed by atoms with van der Waals surface area (Å²) in [6.45, 7) is 1.35. The van der Waals surface area contributed by atoms with Gasteiger partial charge >= 0.3 is 5.97 Å². The van der Waals surface area contributed by atoms with Crippen molar-refractivity contribution in [2.45, 2.75) is 6.92 Å². The Bertz CT molecular complexity index is 594. The Balaban J connectivity index is 2.50. The van der Waals surface area contributed by atoms with E-state index in [4.69, 9.17) is 16.2 Å². The van der Waals surface area contributed by atoms with Crippen molar-refractivity contribution in [2.75, 3.05) is 11.5 Å². The SMILES string of the molecule is CC(=O)Oc1ccc(N)c(-c2ccccc2N)c1. The first kappa shape index (κ1) is 12.0. The van der Waals surface area contributed by atoms with Crippen LogP contribution in [0.1, 0.15) is 6.92 Å². The van der Waals surface area contributed by atoms with Crippen LogP contribution in [0, 0.1) is 0 Å². The van der Waals surface area contributed by atoms with Crippen LogP contribution in [0.15, 0.2) is 42.5 Å². The molecule has 0 aliphatic rings. The van der Waals surface area contributed by atoms with Crippen LogP contribution in [0.3, 0.4) is 0 Å². The Kier molecular flexibility index (Phi) is 3.19. The van der Waals surface area contributed by atoms with Crippen molar-refractivity contribution in [2.24, 2.45) is 0 Å². The Hall–Kier alpha value is -2.49. The summed E-state index contributed by atoms with van der Waals surface area (Å²) in [5.41, 5.74) is 14.6. The van der Waals surface area contributed by atoms with Gasteiger partial charge < -0.3 is 16.2 Å². The molecule has 0 aromatic heterocycles. The average Bonchev–Trinajstić information content (AvgIpc) is 2.32. The summed E-state index contributed by atoms with van der Waals surface area (Å²) in [7, 11) is 0.